The first-order chi connectivity index (χ1) is 6.61. The molecular weight excluding hydrogens is 182 g/mol. The highest BCUT2D eigenvalue weighted by Gasteiger charge is 2.13. The van der Waals surface area contributed by atoms with Crippen molar-refractivity contribution in [2.75, 3.05) is 26.2 Å². The smallest absolute Gasteiger partial charge is 0.235 e. The van der Waals surface area contributed by atoms with Gasteiger partial charge in [0.15, 0.2) is 0 Å². The summed E-state index contributed by atoms with van der Waals surface area (Å²) in [7, 11) is 0. The molecule has 1 atom stereocenters. The third-order valence-electron chi connectivity index (χ3n) is 2.06. The lowest BCUT2D eigenvalue weighted by atomic mass is 10.2. The predicted octanol–water partition coefficient (Wildman–Crippen LogP) is -1.11. The lowest BCUT2D eigenvalue weighted by molar-refractivity contribution is -0.119. The molecular formula is C9H21N3O2. The number of rotatable bonds is 8. The number of hydrogen-bond acceptors (Lipinski definition) is 4. The summed E-state index contributed by atoms with van der Waals surface area (Å²) in [4.78, 5) is 12.7. The number of primary amides is 1. The average Bonchev–Trinajstić information content (AvgIpc) is 2.14. The van der Waals surface area contributed by atoms with E-state index in [-0.39, 0.29) is 6.61 Å². The van der Waals surface area contributed by atoms with E-state index in [4.69, 9.17) is 16.6 Å². The highest BCUT2D eigenvalue weighted by Crippen LogP contribution is 1.95. The van der Waals surface area contributed by atoms with Gasteiger partial charge in [-0.3, -0.25) is 9.69 Å². The topological polar surface area (TPSA) is 92.6 Å². The molecule has 5 N–H and O–H groups in total. The number of amides is 1. The molecule has 5 heteroatoms. The van der Waals surface area contributed by atoms with Crippen LogP contribution in [0, 0.1) is 0 Å². The number of carbonyl (C=O) groups is 1. The van der Waals surface area contributed by atoms with Gasteiger partial charge in [0.1, 0.15) is 0 Å². The van der Waals surface area contributed by atoms with Crippen molar-refractivity contribution >= 4 is 5.91 Å². The Bertz CT molecular complexity index is 164. The molecule has 14 heavy (non-hydrogen) atoms. The molecule has 0 aromatic carbocycles. The molecule has 0 aliphatic rings. The van der Waals surface area contributed by atoms with Gasteiger partial charge in [-0.15, -0.1) is 0 Å². The maximum absolute atomic E-state index is 10.7. The number of nitrogens with two attached hydrogens (primary N) is 2. The third kappa shape index (κ3) is 5.90. The van der Waals surface area contributed by atoms with Crippen molar-refractivity contribution in [2.24, 2.45) is 11.5 Å². The molecule has 0 saturated heterocycles. The molecule has 5 nitrogen and oxygen atoms in total. The van der Waals surface area contributed by atoms with Crippen LogP contribution < -0.4 is 11.5 Å². The first kappa shape index (κ1) is 13.4. The monoisotopic (exact) mass is 203 g/mol. The van der Waals surface area contributed by atoms with Gasteiger partial charge in [-0.1, -0.05) is 13.3 Å². The van der Waals surface area contributed by atoms with Crippen LogP contribution in [0.15, 0.2) is 0 Å². The summed E-state index contributed by atoms with van der Waals surface area (Å²) < 4.78 is 0. The van der Waals surface area contributed by atoms with Crippen molar-refractivity contribution in [3.8, 4) is 0 Å². The minimum atomic E-state index is -0.640. The molecule has 0 bridgehead atoms. The van der Waals surface area contributed by atoms with Gasteiger partial charge in [-0.05, 0) is 13.0 Å². The highest BCUT2D eigenvalue weighted by atomic mass is 16.3. The lowest BCUT2D eigenvalue weighted by Crippen LogP contribution is -2.46. The number of unbranched alkanes of at least 4 members (excludes halogenated alkanes) is 1. The molecule has 0 aliphatic heterocycles. The van der Waals surface area contributed by atoms with Crippen molar-refractivity contribution < 1.29 is 9.90 Å². The molecule has 0 aromatic heterocycles. The van der Waals surface area contributed by atoms with E-state index in [9.17, 15) is 4.79 Å². The molecule has 0 saturated carbocycles. The summed E-state index contributed by atoms with van der Waals surface area (Å²) in [6.07, 6.45) is 2.11. The second-order valence-corrected chi connectivity index (χ2v) is 3.39. The molecule has 0 aromatic rings. The molecule has 0 fully saturated rings. The Morgan fingerprint density at radius 1 is 1.50 bits per heavy atom. The summed E-state index contributed by atoms with van der Waals surface area (Å²) in [5.74, 6) is -0.496. The normalized spacial score (nSPS) is 13.1. The predicted molar refractivity (Wildman–Crippen MR) is 55.6 cm³/mol. The summed E-state index contributed by atoms with van der Waals surface area (Å²) in [6, 6.07) is -0.640. The molecule has 0 spiro atoms. The SMILES string of the molecule is CCCCN(CCO)CC(N)C(N)=O. The van der Waals surface area contributed by atoms with Crippen molar-refractivity contribution in [2.45, 2.75) is 25.8 Å². The molecule has 0 rings (SSSR count). The molecule has 1 unspecified atom stereocenters. The molecule has 0 radical (unpaired) electrons. The van der Waals surface area contributed by atoms with Gasteiger partial charge in [0.2, 0.25) is 5.91 Å². The second-order valence-electron chi connectivity index (χ2n) is 3.39. The van der Waals surface area contributed by atoms with Gasteiger partial charge in [0, 0.05) is 13.1 Å². The van der Waals surface area contributed by atoms with Gasteiger partial charge in [0.05, 0.1) is 12.6 Å². The summed E-state index contributed by atoms with van der Waals surface area (Å²) in [5.41, 5.74) is 10.6. The zero-order valence-corrected chi connectivity index (χ0v) is 8.78. The first-order valence-electron chi connectivity index (χ1n) is 5.00. The number of aliphatic hydroxyl groups is 1. The standard InChI is InChI=1S/C9H21N3O2/c1-2-3-4-12(5-6-13)7-8(10)9(11)14/h8,13H,2-7,10H2,1H3,(H2,11,14). The fraction of sp³-hybridized carbons (Fsp3) is 0.889. The van der Waals surface area contributed by atoms with Gasteiger partial charge in [0.25, 0.3) is 0 Å². The second kappa shape index (κ2) is 7.73. The van der Waals surface area contributed by atoms with E-state index in [1.165, 1.54) is 0 Å². The van der Waals surface area contributed by atoms with Crippen LogP contribution in [0.5, 0.6) is 0 Å². The Balaban J connectivity index is 3.87. The minimum absolute atomic E-state index is 0.0786. The number of aliphatic hydroxyl groups excluding tert-OH is 1. The number of nitrogens with zero attached hydrogens (tertiary/aromatic N) is 1. The quantitative estimate of drug-likeness (QED) is 0.466. The van der Waals surface area contributed by atoms with E-state index in [1.54, 1.807) is 0 Å². The maximum Gasteiger partial charge on any atom is 0.235 e. The van der Waals surface area contributed by atoms with Gasteiger partial charge < -0.3 is 16.6 Å². The highest BCUT2D eigenvalue weighted by molar-refractivity contribution is 5.79. The van der Waals surface area contributed by atoms with Crippen molar-refractivity contribution in [3.63, 3.8) is 0 Å². The summed E-state index contributed by atoms with van der Waals surface area (Å²) in [6.45, 7) is 3.98. The van der Waals surface area contributed by atoms with E-state index < -0.39 is 11.9 Å². The Morgan fingerprint density at radius 3 is 2.57 bits per heavy atom. The molecule has 0 heterocycles. The van der Waals surface area contributed by atoms with Crippen LogP contribution in [0.3, 0.4) is 0 Å². The molecule has 84 valence electrons. The van der Waals surface area contributed by atoms with Crippen LogP contribution in [0.2, 0.25) is 0 Å². The van der Waals surface area contributed by atoms with E-state index >= 15 is 0 Å². The van der Waals surface area contributed by atoms with E-state index in [0.717, 1.165) is 19.4 Å². The van der Waals surface area contributed by atoms with Crippen LogP contribution >= 0.6 is 0 Å². The minimum Gasteiger partial charge on any atom is -0.395 e. The fourth-order valence-corrected chi connectivity index (χ4v) is 1.19. The van der Waals surface area contributed by atoms with E-state index in [2.05, 4.69) is 6.92 Å². The Hall–Kier alpha value is -0.650. The van der Waals surface area contributed by atoms with Crippen molar-refractivity contribution in [1.82, 2.24) is 4.90 Å². The molecule has 0 aliphatic carbocycles. The maximum atomic E-state index is 10.7. The van der Waals surface area contributed by atoms with Gasteiger partial charge in [-0.25, -0.2) is 0 Å². The van der Waals surface area contributed by atoms with Crippen LogP contribution in [-0.4, -0.2) is 48.2 Å². The van der Waals surface area contributed by atoms with Gasteiger partial charge >= 0.3 is 0 Å². The average molecular weight is 203 g/mol. The largest absolute Gasteiger partial charge is 0.395 e. The van der Waals surface area contributed by atoms with E-state index in [1.807, 2.05) is 4.90 Å². The third-order valence-corrected chi connectivity index (χ3v) is 2.06. The van der Waals surface area contributed by atoms with Crippen LogP contribution in [0.1, 0.15) is 19.8 Å². The summed E-state index contributed by atoms with van der Waals surface area (Å²) in [5, 5.41) is 8.79. The first-order valence-corrected chi connectivity index (χ1v) is 5.00. The number of carbonyl (C=O) groups excluding carboxylic acids is 1. The Kier molecular flexibility index (Phi) is 7.37. The fourth-order valence-electron chi connectivity index (χ4n) is 1.19. The van der Waals surface area contributed by atoms with Crippen molar-refractivity contribution in [3.05, 3.63) is 0 Å². The van der Waals surface area contributed by atoms with Crippen molar-refractivity contribution in [1.29, 1.82) is 0 Å². The zero-order chi connectivity index (χ0) is 11.0. The molecule has 1 amide bonds. The van der Waals surface area contributed by atoms with Crippen LogP contribution in [-0.2, 0) is 4.79 Å². The summed E-state index contributed by atoms with van der Waals surface area (Å²) >= 11 is 0. The van der Waals surface area contributed by atoms with E-state index in [0.29, 0.717) is 13.1 Å². The Labute approximate surface area is 85.1 Å². The zero-order valence-electron chi connectivity index (χ0n) is 8.78. The van der Waals surface area contributed by atoms with Gasteiger partial charge in [-0.2, -0.15) is 0 Å². The lowest BCUT2D eigenvalue weighted by Gasteiger charge is -2.23. The Morgan fingerprint density at radius 2 is 2.14 bits per heavy atom. The van der Waals surface area contributed by atoms with Crippen LogP contribution in [0.4, 0.5) is 0 Å². The number of hydrogen-bond donors (Lipinski definition) is 3. The van der Waals surface area contributed by atoms with Crippen LogP contribution in [0.25, 0.3) is 0 Å².